The molecule has 3 unspecified atom stereocenters. The second-order valence-electron chi connectivity index (χ2n) is 5.99. The lowest BCUT2D eigenvalue weighted by Crippen LogP contribution is -2.59. The first-order chi connectivity index (χ1) is 9.11. The number of piperazine rings is 1. The van der Waals surface area contributed by atoms with E-state index in [-0.39, 0.29) is 0 Å². The summed E-state index contributed by atoms with van der Waals surface area (Å²) in [4.78, 5) is 6.66. The zero-order valence-corrected chi connectivity index (χ0v) is 12.5. The average Bonchev–Trinajstić information content (AvgIpc) is 2.90. The van der Waals surface area contributed by atoms with E-state index in [9.17, 15) is 0 Å². The first-order valence-corrected chi connectivity index (χ1v) is 7.34. The van der Waals surface area contributed by atoms with Crippen LogP contribution in [0.25, 0.3) is 0 Å². The van der Waals surface area contributed by atoms with Gasteiger partial charge in [-0.15, -0.1) is 0 Å². The molecule has 1 aliphatic rings. The molecule has 1 aliphatic heterocycles. The van der Waals surface area contributed by atoms with Crippen molar-refractivity contribution in [2.45, 2.75) is 52.7 Å². The molecule has 1 fully saturated rings. The smallest absolute Gasteiger partial charge is 0.213 e. The van der Waals surface area contributed by atoms with Crippen LogP contribution in [-0.4, -0.2) is 40.2 Å². The molecule has 108 valence electrons. The van der Waals surface area contributed by atoms with E-state index in [1.54, 1.807) is 0 Å². The van der Waals surface area contributed by atoms with Crippen molar-refractivity contribution < 1.29 is 4.52 Å². The Morgan fingerprint density at radius 2 is 2.26 bits per heavy atom. The van der Waals surface area contributed by atoms with Crippen LogP contribution in [0, 0.1) is 11.8 Å². The van der Waals surface area contributed by atoms with Gasteiger partial charge in [0.2, 0.25) is 6.39 Å². The summed E-state index contributed by atoms with van der Waals surface area (Å²) >= 11 is 0. The predicted octanol–water partition coefficient (Wildman–Crippen LogP) is 1.91. The van der Waals surface area contributed by atoms with Gasteiger partial charge in [0.1, 0.15) is 0 Å². The molecule has 0 bridgehead atoms. The van der Waals surface area contributed by atoms with Crippen molar-refractivity contribution in [1.29, 1.82) is 0 Å². The summed E-state index contributed by atoms with van der Waals surface area (Å²) in [5.41, 5.74) is 0. The fourth-order valence-corrected chi connectivity index (χ4v) is 2.80. The fraction of sp³-hybridized carbons (Fsp3) is 0.857. The van der Waals surface area contributed by atoms with Gasteiger partial charge in [-0.05, 0) is 11.8 Å². The highest BCUT2D eigenvalue weighted by Crippen LogP contribution is 2.21. The number of hydrogen-bond donors (Lipinski definition) is 1. The molecule has 0 aliphatic carbocycles. The van der Waals surface area contributed by atoms with Crippen LogP contribution in [0.3, 0.4) is 0 Å². The number of nitrogens with zero attached hydrogens (tertiary/aromatic N) is 3. The quantitative estimate of drug-likeness (QED) is 0.882. The van der Waals surface area contributed by atoms with Gasteiger partial charge in [-0.25, -0.2) is 0 Å². The van der Waals surface area contributed by atoms with E-state index < -0.39 is 0 Å². The topological polar surface area (TPSA) is 54.2 Å². The number of nitrogens with one attached hydrogen (secondary N) is 1. The van der Waals surface area contributed by atoms with Crippen LogP contribution in [0.1, 0.15) is 39.9 Å². The van der Waals surface area contributed by atoms with E-state index in [2.05, 4.69) is 48.1 Å². The van der Waals surface area contributed by atoms with Crippen LogP contribution < -0.4 is 5.32 Å². The molecule has 19 heavy (non-hydrogen) atoms. The van der Waals surface area contributed by atoms with Gasteiger partial charge in [0, 0.05) is 25.2 Å². The van der Waals surface area contributed by atoms with Crippen molar-refractivity contribution in [1.82, 2.24) is 20.4 Å². The van der Waals surface area contributed by atoms with E-state index in [0.29, 0.717) is 23.9 Å². The number of hydrogen-bond acceptors (Lipinski definition) is 5. The molecule has 0 amide bonds. The van der Waals surface area contributed by atoms with Gasteiger partial charge in [-0.3, -0.25) is 4.90 Å². The van der Waals surface area contributed by atoms with Crippen LogP contribution in [0.15, 0.2) is 10.9 Å². The SMILES string of the molecule is CCC(C)C1CN(Cc2ncon2)C(C(C)C)CN1. The van der Waals surface area contributed by atoms with Crippen LogP contribution in [-0.2, 0) is 6.54 Å². The molecule has 0 saturated carbocycles. The molecular formula is C14H26N4O. The van der Waals surface area contributed by atoms with Gasteiger partial charge < -0.3 is 9.84 Å². The Balaban J connectivity index is 2.04. The Morgan fingerprint density at radius 1 is 1.47 bits per heavy atom. The highest BCUT2D eigenvalue weighted by atomic mass is 16.5. The molecule has 0 spiro atoms. The molecule has 0 radical (unpaired) electrons. The second kappa shape index (κ2) is 6.48. The first kappa shape index (κ1) is 14.5. The molecule has 3 atom stereocenters. The Kier molecular flexibility index (Phi) is 4.93. The summed E-state index contributed by atoms with van der Waals surface area (Å²) in [6.45, 7) is 12.0. The Labute approximate surface area is 115 Å². The maximum atomic E-state index is 4.84. The standard InChI is InChI=1S/C14H26N4O/c1-5-11(4)12-7-18(8-14-16-9-19-17-14)13(6-15-12)10(2)3/h9-13,15H,5-8H2,1-4H3. The maximum absolute atomic E-state index is 4.84. The Morgan fingerprint density at radius 3 is 2.84 bits per heavy atom. The fourth-order valence-electron chi connectivity index (χ4n) is 2.80. The molecule has 5 heteroatoms. The van der Waals surface area contributed by atoms with Crippen LogP contribution in [0.2, 0.25) is 0 Å². The summed E-state index contributed by atoms with van der Waals surface area (Å²) in [7, 11) is 0. The zero-order chi connectivity index (χ0) is 13.8. The lowest BCUT2D eigenvalue weighted by Gasteiger charge is -2.43. The van der Waals surface area contributed by atoms with Crippen LogP contribution >= 0.6 is 0 Å². The summed E-state index contributed by atoms with van der Waals surface area (Å²) in [6, 6.07) is 1.10. The van der Waals surface area contributed by atoms with Gasteiger partial charge in [0.25, 0.3) is 0 Å². The van der Waals surface area contributed by atoms with Crippen LogP contribution in [0.5, 0.6) is 0 Å². The Bertz CT molecular complexity index is 366. The van der Waals surface area contributed by atoms with E-state index in [4.69, 9.17) is 4.52 Å². The zero-order valence-electron chi connectivity index (χ0n) is 12.5. The highest BCUT2D eigenvalue weighted by Gasteiger charge is 2.32. The molecule has 1 saturated heterocycles. The molecule has 1 aromatic heterocycles. The number of rotatable bonds is 5. The highest BCUT2D eigenvalue weighted by molar-refractivity contribution is 4.92. The molecule has 0 aromatic carbocycles. The summed E-state index contributed by atoms with van der Waals surface area (Å²) in [5, 5.41) is 7.65. The summed E-state index contributed by atoms with van der Waals surface area (Å²) in [5.74, 6) is 2.11. The van der Waals surface area contributed by atoms with E-state index in [1.165, 1.54) is 12.8 Å². The summed E-state index contributed by atoms with van der Waals surface area (Å²) in [6.07, 6.45) is 2.62. The van der Waals surface area contributed by atoms with Crippen LogP contribution in [0.4, 0.5) is 0 Å². The molecule has 2 heterocycles. The lowest BCUT2D eigenvalue weighted by atomic mass is 9.92. The minimum atomic E-state index is 0.541. The normalized spacial score (nSPS) is 26.8. The van der Waals surface area contributed by atoms with Gasteiger partial charge >= 0.3 is 0 Å². The molecular weight excluding hydrogens is 240 g/mol. The maximum Gasteiger partial charge on any atom is 0.213 e. The van der Waals surface area contributed by atoms with E-state index in [0.717, 1.165) is 25.5 Å². The third-order valence-electron chi connectivity index (χ3n) is 4.34. The largest absolute Gasteiger partial charge is 0.343 e. The Hall–Kier alpha value is -0.940. The van der Waals surface area contributed by atoms with E-state index in [1.807, 2.05) is 0 Å². The first-order valence-electron chi connectivity index (χ1n) is 7.34. The number of aromatic nitrogens is 2. The van der Waals surface area contributed by atoms with Crippen molar-refractivity contribution in [2.75, 3.05) is 13.1 Å². The van der Waals surface area contributed by atoms with Crippen molar-refractivity contribution in [2.24, 2.45) is 11.8 Å². The molecule has 1 N–H and O–H groups in total. The van der Waals surface area contributed by atoms with Gasteiger partial charge in [0.05, 0.1) is 6.54 Å². The summed E-state index contributed by atoms with van der Waals surface area (Å²) < 4.78 is 4.84. The van der Waals surface area contributed by atoms with Crippen molar-refractivity contribution in [3.63, 3.8) is 0 Å². The molecule has 5 nitrogen and oxygen atoms in total. The van der Waals surface area contributed by atoms with Crippen molar-refractivity contribution >= 4 is 0 Å². The molecule has 1 aromatic rings. The third kappa shape index (κ3) is 3.54. The average molecular weight is 266 g/mol. The van der Waals surface area contributed by atoms with Crippen molar-refractivity contribution in [3.8, 4) is 0 Å². The second-order valence-corrected chi connectivity index (χ2v) is 5.99. The monoisotopic (exact) mass is 266 g/mol. The molecule has 2 rings (SSSR count). The minimum Gasteiger partial charge on any atom is -0.343 e. The van der Waals surface area contributed by atoms with Crippen molar-refractivity contribution in [3.05, 3.63) is 12.2 Å². The van der Waals surface area contributed by atoms with Gasteiger partial charge in [0.15, 0.2) is 5.82 Å². The third-order valence-corrected chi connectivity index (χ3v) is 4.34. The van der Waals surface area contributed by atoms with Gasteiger partial charge in [-0.1, -0.05) is 39.3 Å². The van der Waals surface area contributed by atoms with E-state index >= 15 is 0 Å². The van der Waals surface area contributed by atoms with Gasteiger partial charge in [-0.2, -0.15) is 4.98 Å². The minimum absolute atomic E-state index is 0.541. The predicted molar refractivity (Wildman–Crippen MR) is 74.6 cm³/mol. The lowest BCUT2D eigenvalue weighted by molar-refractivity contribution is 0.0723.